The van der Waals surface area contributed by atoms with Crippen LogP contribution in [-0.4, -0.2) is 16.8 Å². The van der Waals surface area contributed by atoms with Gasteiger partial charge in [-0.25, -0.2) is 9.79 Å². The standard InChI is InChI=1S/C18H22N2O2/c1-4-5-13(14-8-11(2)6-7-15(14)19)10-16-12(3)9-17(20-16)18(21)22/h4-8,13H,9-10,19H2,1-3H3,(H,21,22). The minimum absolute atomic E-state index is 0.103. The van der Waals surface area contributed by atoms with Gasteiger partial charge in [0, 0.05) is 30.1 Å². The number of carboxylic acids is 1. The maximum absolute atomic E-state index is 11.1. The zero-order chi connectivity index (χ0) is 16.3. The fourth-order valence-corrected chi connectivity index (χ4v) is 2.73. The van der Waals surface area contributed by atoms with E-state index in [4.69, 9.17) is 10.8 Å². The van der Waals surface area contributed by atoms with E-state index in [1.165, 1.54) is 0 Å². The molecule has 1 aliphatic rings. The summed E-state index contributed by atoms with van der Waals surface area (Å²) < 4.78 is 0. The molecule has 116 valence electrons. The summed E-state index contributed by atoms with van der Waals surface area (Å²) in [4.78, 5) is 15.4. The second-order valence-electron chi connectivity index (χ2n) is 5.74. The monoisotopic (exact) mass is 298 g/mol. The van der Waals surface area contributed by atoms with E-state index >= 15 is 0 Å². The molecule has 0 spiro atoms. The minimum atomic E-state index is -0.938. The number of allylic oxidation sites excluding steroid dienone is 4. The fourth-order valence-electron chi connectivity index (χ4n) is 2.73. The van der Waals surface area contributed by atoms with Crippen LogP contribution in [0.15, 0.2) is 46.6 Å². The molecule has 4 nitrogen and oxygen atoms in total. The number of aliphatic carboxylic acids is 1. The lowest BCUT2D eigenvalue weighted by Gasteiger charge is -2.17. The highest BCUT2D eigenvalue weighted by Gasteiger charge is 2.22. The van der Waals surface area contributed by atoms with Gasteiger partial charge in [0.2, 0.25) is 0 Å². The van der Waals surface area contributed by atoms with E-state index in [9.17, 15) is 4.79 Å². The van der Waals surface area contributed by atoms with Crippen molar-refractivity contribution in [2.75, 3.05) is 5.73 Å². The molecule has 2 rings (SSSR count). The maximum atomic E-state index is 11.1. The average Bonchev–Trinajstić information content (AvgIpc) is 2.83. The van der Waals surface area contributed by atoms with E-state index < -0.39 is 5.97 Å². The van der Waals surface area contributed by atoms with E-state index in [-0.39, 0.29) is 11.6 Å². The topological polar surface area (TPSA) is 75.7 Å². The van der Waals surface area contributed by atoms with Gasteiger partial charge in [0.1, 0.15) is 5.71 Å². The zero-order valence-electron chi connectivity index (χ0n) is 13.3. The number of carbonyl (C=O) groups is 1. The summed E-state index contributed by atoms with van der Waals surface area (Å²) in [6.07, 6.45) is 5.19. The number of rotatable bonds is 5. The molecule has 3 N–H and O–H groups in total. The van der Waals surface area contributed by atoms with Gasteiger partial charge in [-0.05, 0) is 38.0 Å². The van der Waals surface area contributed by atoms with Crippen molar-refractivity contribution in [3.05, 3.63) is 52.7 Å². The van der Waals surface area contributed by atoms with Crippen LogP contribution in [0.25, 0.3) is 0 Å². The number of nitrogen functional groups attached to an aromatic ring is 1. The second kappa shape index (κ2) is 6.60. The third-order valence-corrected chi connectivity index (χ3v) is 3.92. The molecule has 0 saturated carbocycles. The molecule has 4 heteroatoms. The molecule has 0 radical (unpaired) electrons. The van der Waals surface area contributed by atoms with Crippen molar-refractivity contribution >= 4 is 17.4 Å². The Hall–Kier alpha value is -2.36. The van der Waals surface area contributed by atoms with Crippen molar-refractivity contribution < 1.29 is 9.90 Å². The molecule has 0 amide bonds. The normalized spacial score (nSPS) is 16.2. The first-order chi connectivity index (χ1) is 10.4. The highest BCUT2D eigenvalue weighted by atomic mass is 16.4. The lowest BCUT2D eigenvalue weighted by atomic mass is 9.90. The van der Waals surface area contributed by atoms with Gasteiger partial charge in [-0.3, -0.25) is 0 Å². The van der Waals surface area contributed by atoms with Crippen molar-refractivity contribution in [2.45, 2.75) is 39.5 Å². The zero-order valence-corrected chi connectivity index (χ0v) is 13.3. The highest BCUT2D eigenvalue weighted by Crippen LogP contribution is 2.34. The molecule has 0 aromatic heterocycles. The Kier molecular flexibility index (Phi) is 4.81. The molecule has 1 aliphatic heterocycles. The van der Waals surface area contributed by atoms with Gasteiger partial charge in [0.25, 0.3) is 0 Å². The largest absolute Gasteiger partial charge is 0.477 e. The number of aliphatic imine (C=N–C) groups is 1. The predicted octanol–water partition coefficient (Wildman–Crippen LogP) is 3.83. The molecule has 1 unspecified atom stereocenters. The van der Waals surface area contributed by atoms with Crippen molar-refractivity contribution in [2.24, 2.45) is 4.99 Å². The van der Waals surface area contributed by atoms with Crippen LogP contribution in [0.3, 0.4) is 0 Å². The first-order valence-electron chi connectivity index (χ1n) is 7.40. The molecule has 0 saturated heterocycles. The third kappa shape index (κ3) is 3.45. The average molecular weight is 298 g/mol. The molecule has 0 bridgehead atoms. The molecule has 0 fully saturated rings. The molecule has 1 aromatic rings. The Balaban J connectivity index is 2.32. The first-order valence-corrected chi connectivity index (χ1v) is 7.40. The van der Waals surface area contributed by atoms with Crippen LogP contribution in [0.4, 0.5) is 5.69 Å². The number of carboxylic acid groups (broad SMARTS) is 1. The molecule has 1 heterocycles. The van der Waals surface area contributed by atoms with Crippen molar-refractivity contribution in [3.63, 3.8) is 0 Å². The summed E-state index contributed by atoms with van der Waals surface area (Å²) in [5.41, 5.74) is 11.2. The number of aryl methyl sites for hydroxylation is 1. The molecule has 1 aromatic carbocycles. The van der Waals surface area contributed by atoms with Gasteiger partial charge in [-0.2, -0.15) is 0 Å². The van der Waals surface area contributed by atoms with E-state index in [2.05, 4.69) is 17.1 Å². The lowest BCUT2D eigenvalue weighted by molar-refractivity contribution is -0.129. The van der Waals surface area contributed by atoms with Crippen LogP contribution in [0, 0.1) is 6.92 Å². The van der Waals surface area contributed by atoms with E-state index in [1.54, 1.807) is 0 Å². The van der Waals surface area contributed by atoms with Crippen molar-refractivity contribution in [3.8, 4) is 0 Å². The van der Waals surface area contributed by atoms with Gasteiger partial charge >= 0.3 is 5.97 Å². The van der Waals surface area contributed by atoms with Crippen molar-refractivity contribution in [1.29, 1.82) is 0 Å². The number of anilines is 1. The number of hydrogen-bond acceptors (Lipinski definition) is 3. The molecule has 0 aliphatic carbocycles. The van der Waals surface area contributed by atoms with Gasteiger partial charge < -0.3 is 10.8 Å². The van der Waals surface area contributed by atoms with E-state index in [0.717, 1.165) is 28.1 Å². The van der Waals surface area contributed by atoms with Crippen LogP contribution >= 0.6 is 0 Å². The van der Waals surface area contributed by atoms with Gasteiger partial charge in [-0.15, -0.1) is 0 Å². The molecule has 22 heavy (non-hydrogen) atoms. The third-order valence-electron chi connectivity index (χ3n) is 3.92. The summed E-state index contributed by atoms with van der Waals surface area (Å²) >= 11 is 0. The van der Waals surface area contributed by atoms with E-state index in [0.29, 0.717) is 12.8 Å². The van der Waals surface area contributed by atoms with Crippen LogP contribution in [0.1, 0.15) is 43.7 Å². The molecule has 1 atom stereocenters. The lowest BCUT2D eigenvalue weighted by Crippen LogP contribution is -2.09. The van der Waals surface area contributed by atoms with Crippen LogP contribution in [-0.2, 0) is 4.79 Å². The van der Waals surface area contributed by atoms with E-state index in [1.807, 2.05) is 39.0 Å². The minimum Gasteiger partial charge on any atom is -0.477 e. The molecular formula is C18H22N2O2. The number of nitrogens with two attached hydrogens (primary N) is 1. The Morgan fingerprint density at radius 3 is 2.77 bits per heavy atom. The summed E-state index contributed by atoms with van der Waals surface area (Å²) in [7, 11) is 0. The smallest absolute Gasteiger partial charge is 0.350 e. The summed E-state index contributed by atoms with van der Waals surface area (Å²) in [6, 6.07) is 6.00. The summed E-state index contributed by atoms with van der Waals surface area (Å²) in [5, 5.41) is 9.09. The van der Waals surface area contributed by atoms with Crippen LogP contribution < -0.4 is 5.73 Å². The maximum Gasteiger partial charge on any atom is 0.350 e. The summed E-state index contributed by atoms with van der Waals surface area (Å²) in [5.74, 6) is -0.834. The van der Waals surface area contributed by atoms with Crippen LogP contribution in [0.5, 0.6) is 0 Å². The number of benzene rings is 1. The first kappa shape index (κ1) is 16.0. The van der Waals surface area contributed by atoms with Gasteiger partial charge in [-0.1, -0.05) is 29.8 Å². The molecular weight excluding hydrogens is 276 g/mol. The highest BCUT2D eigenvalue weighted by molar-refractivity contribution is 6.37. The Labute approximate surface area is 131 Å². The summed E-state index contributed by atoms with van der Waals surface area (Å²) in [6.45, 7) is 5.96. The van der Waals surface area contributed by atoms with Crippen LogP contribution in [0.2, 0.25) is 0 Å². The number of hydrogen-bond donors (Lipinski definition) is 2. The predicted molar refractivity (Wildman–Crippen MR) is 90.2 cm³/mol. The Morgan fingerprint density at radius 2 is 2.18 bits per heavy atom. The van der Waals surface area contributed by atoms with Crippen molar-refractivity contribution in [1.82, 2.24) is 0 Å². The number of nitrogens with zero attached hydrogens (tertiary/aromatic N) is 1. The quantitative estimate of drug-likeness (QED) is 0.640. The Morgan fingerprint density at radius 1 is 1.45 bits per heavy atom. The van der Waals surface area contributed by atoms with Gasteiger partial charge in [0.05, 0.1) is 0 Å². The SMILES string of the molecule is CC=CC(CC1=C(C)CC(C(=O)O)=N1)c1cc(C)ccc1N. The Bertz CT molecular complexity index is 684. The van der Waals surface area contributed by atoms with Gasteiger partial charge in [0.15, 0.2) is 0 Å². The second-order valence-corrected chi connectivity index (χ2v) is 5.74. The fraction of sp³-hybridized carbons (Fsp3) is 0.333.